The summed E-state index contributed by atoms with van der Waals surface area (Å²) in [7, 11) is -1.22. The van der Waals surface area contributed by atoms with Crippen LogP contribution in [0.2, 0.25) is 0 Å². The summed E-state index contributed by atoms with van der Waals surface area (Å²) < 4.78 is 53.6. The van der Waals surface area contributed by atoms with E-state index >= 15 is 0 Å². The Hall–Kier alpha value is -3.41. The van der Waals surface area contributed by atoms with Crippen LogP contribution in [0.4, 0.5) is 13.2 Å². The van der Waals surface area contributed by atoms with Crippen LogP contribution >= 0.6 is 0 Å². The van der Waals surface area contributed by atoms with E-state index in [2.05, 4.69) is 9.97 Å². The van der Waals surface area contributed by atoms with Crippen LogP contribution in [-0.2, 0) is 34.2 Å². The van der Waals surface area contributed by atoms with Crippen LogP contribution in [0.5, 0.6) is 0 Å². The zero-order valence-corrected chi connectivity index (χ0v) is 25.5. The number of aliphatic hydroxyl groups excluding tert-OH is 1. The van der Waals surface area contributed by atoms with Gasteiger partial charge >= 0.3 is 0 Å². The van der Waals surface area contributed by atoms with Gasteiger partial charge in [0.05, 0.1) is 29.6 Å². The quantitative estimate of drug-likeness (QED) is 0.373. The molecule has 1 aliphatic rings. The van der Waals surface area contributed by atoms with Crippen molar-refractivity contribution in [3.05, 3.63) is 94.7 Å². The van der Waals surface area contributed by atoms with Gasteiger partial charge in [0.25, 0.3) is 0 Å². The summed E-state index contributed by atoms with van der Waals surface area (Å²) in [6, 6.07) is 7.26. The highest BCUT2D eigenvalue weighted by Crippen LogP contribution is 2.24. The Morgan fingerprint density at radius 2 is 1.69 bits per heavy atom. The number of aromatic nitrogens is 2. The fraction of sp³-hybridized carbons (Fsp3) is 0.387. The van der Waals surface area contributed by atoms with Crippen LogP contribution in [-0.4, -0.2) is 53.1 Å². The van der Waals surface area contributed by atoms with Crippen molar-refractivity contribution in [3.8, 4) is 11.1 Å². The maximum Gasteiger partial charge on any atom is 0.229 e. The average molecular weight is 606 g/mol. The van der Waals surface area contributed by atoms with Gasteiger partial charge in [-0.3, -0.25) is 19.0 Å². The van der Waals surface area contributed by atoms with Crippen LogP contribution in [0, 0.1) is 17.5 Å². The third-order valence-electron chi connectivity index (χ3n) is 5.80. The molecule has 1 aromatic carbocycles. The first-order valence-corrected chi connectivity index (χ1v) is 14.9. The van der Waals surface area contributed by atoms with Gasteiger partial charge in [0.15, 0.2) is 11.6 Å². The molecule has 3 aromatic rings. The van der Waals surface area contributed by atoms with Crippen LogP contribution in [0.3, 0.4) is 0 Å². The molecule has 0 radical (unpaired) electrons. The highest BCUT2D eigenvalue weighted by atomic mass is 32.2. The minimum atomic E-state index is -1.22. The molecular weight excluding hydrogens is 567 g/mol. The van der Waals surface area contributed by atoms with Crippen molar-refractivity contribution in [1.82, 2.24) is 14.9 Å². The number of carbonyl (C=O) groups is 1. The van der Waals surface area contributed by atoms with E-state index in [1.807, 2.05) is 13.8 Å². The summed E-state index contributed by atoms with van der Waals surface area (Å²) in [5.41, 5.74) is 0.332. The van der Waals surface area contributed by atoms with Crippen LogP contribution in [0.25, 0.3) is 11.1 Å². The lowest BCUT2D eigenvalue weighted by atomic mass is 10.0. The van der Waals surface area contributed by atoms with Gasteiger partial charge in [0.1, 0.15) is 11.4 Å². The SMILES string of the molecule is CC.CC(C)(O)c1cc(CN(C(=O)Cc2ncc(-c3ccc(F)c(F)c3)cc2F)C2C=CS(=O)C2)ccn1.CC(C)O. The summed E-state index contributed by atoms with van der Waals surface area (Å²) in [5.74, 6) is -3.05. The molecule has 2 unspecified atom stereocenters. The lowest BCUT2D eigenvalue weighted by Gasteiger charge is -2.28. The summed E-state index contributed by atoms with van der Waals surface area (Å²) in [5, 5.41) is 19.9. The lowest BCUT2D eigenvalue weighted by Crippen LogP contribution is -2.41. The molecule has 7 nitrogen and oxygen atoms in total. The van der Waals surface area contributed by atoms with Crippen molar-refractivity contribution < 1.29 is 32.4 Å². The summed E-state index contributed by atoms with van der Waals surface area (Å²) in [4.78, 5) is 23.0. The number of halogens is 3. The van der Waals surface area contributed by atoms with Gasteiger partial charge in [-0.05, 0) is 69.2 Å². The van der Waals surface area contributed by atoms with Gasteiger partial charge < -0.3 is 15.1 Å². The van der Waals surface area contributed by atoms with Crippen LogP contribution < -0.4 is 0 Å². The number of pyridine rings is 2. The van der Waals surface area contributed by atoms with Gasteiger partial charge in [-0.15, -0.1) is 0 Å². The largest absolute Gasteiger partial charge is 0.394 e. The van der Waals surface area contributed by atoms with Crippen molar-refractivity contribution in [2.45, 2.75) is 72.3 Å². The topological polar surface area (TPSA) is 104 Å². The molecule has 0 bridgehead atoms. The summed E-state index contributed by atoms with van der Waals surface area (Å²) in [6.07, 6.45) is 3.99. The predicted octanol–water partition coefficient (Wildman–Crippen LogP) is 5.42. The Morgan fingerprint density at radius 1 is 1.05 bits per heavy atom. The van der Waals surface area contributed by atoms with Gasteiger partial charge in [-0.25, -0.2) is 13.2 Å². The molecule has 11 heteroatoms. The fourth-order valence-corrected chi connectivity index (χ4v) is 4.92. The molecular formula is C31H38F3N3O4S. The molecule has 2 N–H and O–H groups in total. The number of aliphatic hydroxyl groups is 2. The molecule has 2 atom stereocenters. The molecule has 1 aliphatic heterocycles. The van der Waals surface area contributed by atoms with Crippen molar-refractivity contribution in [2.75, 3.05) is 5.75 Å². The zero-order valence-electron chi connectivity index (χ0n) is 24.6. The normalized spacial score (nSPS) is 15.9. The Morgan fingerprint density at radius 3 is 2.24 bits per heavy atom. The van der Waals surface area contributed by atoms with E-state index in [0.717, 1.165) is 18.2 Å². The van der Waals surface area contributed by atoms with E-state index in [9.17, 15) is 27.3 Å². The Labute approximate surface area is 247 Å². The molecule has 0 saturated heterocycles. The number of amides is 1. The first-order valence-electron chi connectivity index (χ1n) is 13.5. The van der Waals surface area contributed by atoms with E-state index in [4.69, 9.17) is 5.11 Å². The van der Waals surface area contributed by atoms with Gasteiger partial charge in [-0.2, -0.15) is 0 Å². The highest BCUT2D eigenvalue weighted by Gasteiger charge is 2.28. The predicted molar refractivity (Wildman–Crippen MR) is 158 cm³/mol. The molecule has 42 heavy (non-hydrogen) atoms. The van der Waals surface area contributed by atoms with Crippen LogP contribution in [0.1, 0.15) is 58.5 Å². The highest BCUT2D eigenvalue weighted by molar-refractivity contribution is 7.88. The third kappa shape index (κ3) is 10.1. The number of nitrogens with zero attached hydrogens (tertiary/aromatic N) is 3. The smallest absolute Gasteiger partial charge is 0.229 e. The second-order valence-corrected chi connectivity index (χ2v) is 11.5. The van der Waals surface area contributed by atoms with Crippen molar-refractivity contribution in [1.29, 1.82) is 0 Å². The number of benzene rings is 1. The average Bonchev–Trinajstić information content (AvgIpc) is 3.36. The number of rotatable bonds is 7. The Kier molecular flexibility index (Phi) is 13.0. The second kappa shape index (κ2) is 15.7. The molecule has 0 aliphatic carbocycles. The molecule has 228 valence electrons. The molecule has 3 heterocycles. The van der Waals surface area contributed by atoms with Gasteiger partial charge in [0, 0.05) is 46.8 Å². The lowest BCUT2D eigenvalue weighted by molar-refractivity contribution is -0.132. The van der Waals surface area contributed by atoms with Gasteiger partial charge in [0.2, 0.25) is 5.91 Å². The fourth-order valence-electron chi connectivity index (χ4n) is 3.82. The maximum absolute atomic E-state index is 14.9. The number of hydrogen-bond donors (Lipinski definition) is 2. The molecule has 2 aromatic heterocycles. The Bertz CT molecular complexity index is 1410. The van der Waals surface area contributed by atoms with E-state index < -0.39 is 45.8 Å². The number of carbonyl (C=O) groups excluding carboxylic acids is 1. The maximum atomic E-state index is 14.9. The van der Waals surface area contributed by atoms with E-state index in [0.29, 0.717) is 11.3 Å². The second-order valence-electron chi connectivity index (χ2n) is 10.1. The monoisotopic (exact) mass is 605 g/mol. The van der Waals surface area contributed by atoms with Gasteiger partial charge in [-0.1, -0.05) is 26.0 Å². The van der Waals surface area contributed by atoms with E-state index in [1.165, 1.54) is 28.8 Å². The van der Waals surface area contributed by atoms with E-state index in [-0.39, 0.29) is 41.6 Å². The molecule has 0 spiro atoms. The minimum absolute atomic E-state index is 0.105. The van der Waals surface area contributed by atoms with Crippen molar-refractivity contribution in [3.63, 3.8) is 0 Å². The standard InChI is InChI=1S/C26H24F3N3O3S.C3H8O.C2H6/c1-26(2,34)24-9-16(5-7-30-24)14-32(19-6-8-36(35)15-19)25(33)12-23-22(29)11-18(13-31-23)17-3-4-20(27)21(28)10-17;1-3(2)4;1-2/h3-11,13,19,34H,12,14-15H2,1-2H3;3-4H,1-2H3;1-2H3. The molecule has 4 rings (SSSR count). The van der Waals surface area contributed by atoms with Crippen molar-refractivity contribution in [2.24, 2.45) is 0 Å². The van der Waals surface area contributed by atoms with E-state index in [1.54, 1.807) is 45.9 Å². The van der Waals surface area contributed by atoms with Crippen molar-refractivity contribution >= 4 is 16.7 Å². The molecule has 0 fully saturated rings. The first-order chi connectivity index (χ1) is 19.7. The first kappa shape index (κ1) is 34.8. The molecule has 1 amide bonds. The third-order valence-corrected chi connectivity index (χ3v) is 6.93. The Balaban J connectivity index is 0.000000947. The minimum Gasteiger partial charge on any atom is -0.394 e. The van der Waals surface area contributed by atoms with Crippen LogP contribution in [0.15, 0.2) is 60.3 Å². The summed E-state index contributed by atoms with van der Waals surface area (Å²) in [6.45, 7) is 10.8. The molecule has 0 saturated carbocycles. The number of hydrogen-bond acceptors (Lipinski definition) is 6. The zero-order chi connectivity index (χ0) is 31.6. The summed E-state index contributed by atoms with van der Waals surface area (Å²) >= 11 is 0.